The summed E-state index contributed by atoms with van der Waals surface area (Å²) in [6, 6.07) is 17.8. The first-order chi connectivity index (χ1) is 22.9. The first-order valence-electron chi connectivity index (χ1n) is 15.6. The smallest absolute Gasteiger partial charge is 0.330 e. The summed E-state index contributed by atoms with van der Waals surface area (Å²) >= 11 is 0. The van der Waals surface area contributed by atoms with E-state index in [4.69, 9.17) is 10.5 Å². The lowest BCUT2D eigenvalue weighted by Gasteiger charge is -2.27. The lowest BCUT2D eigenvalue weighted by atomic mass is 9.78. The number of nitro groups is 2. The third kappa shape index (κ3) is 7.53. The van der Waals surface area contributed by atoms with Gasteiger partial charge in [-0.15, -0.1) is 0 Å². The molecule has 5 rings (SSSR count). The standard InChI is InChI=1S/C22H29NO.C15H11N3O7/c1-12(2)16-8-10-17(11-9-16)19-18-15(5)20(23)13(3)14(4)21(18)24-22(19,6)7;19-14(16-13(15(20)21)9-4-2-1-3-5-9)10-6-11(17(22)23)8-12(7-10)18(24)25/h8-12,19H,23H2,1-7H3;1-8,13H,(H,16,19)(H,20,21)/t19-;13-/m10/s1. The highest BCUT2D eigenvalue weighted by Crippen LogP contribution is 2.53. The van der Waals surface area contributed by atoms with Gasteiger partial charge in [0.25, 0.3) is 17.3 Å². The molecular weight excluding hydrogens is 628 g/mol. The topological polar surface area (TPSA) is 188 Å². The number of nitrogens with zero attached hydrogens (tertiary/aromatic N) is 2. The molecule has 0 aliphatic carbocycles. The molecule has 0 fully saturated rings. The van der Waals surface area contributed by atoms with Crippen molar-refractivity contribution in [2.24, 2.45) is 0 Å². The average molecular weight is 669 g/mol. The molecule has 0 spiro atoms. The fourth-order valence-electron chi connectivity index (χ4n) is 6.05. The Morgan fingerprint density at radius 2 is 1.41 bits per heavy atom. The maximum absolute atomic E-state index is 12.3. The van der Waals surface area contributed by atoms with Crippen LogP contribution in [0.2, 0.25) is 0 Å². The number of aliphatic carboxylic acids is 1. The summed E-state index contributed by atoms with van der Waals surface area (Å²) in [6.45, 7) is 15.1. The number of benzene rings is 4. The minimum absolute atomic E-state index is 0.204. The number of non-ortho nitro benzene ring substituents is 2. The van der Waals surface area contributed by atoms with Crippen molar-refractivity contribution in [3.63, 3.8) is 0 Å². The van der Waals surface area contributed by atoms with Gasteiger partial charge >= 0.3 is 5.97 Å². The van der Waals surface area contributed by atoms with Crippen LogP contribution in [-0.4, -0.2) is 32.4 Å². The fraction of sp³-hybridized carbons (Fsp3) is 0.297. The van der Waals surface area contributed by atoms with Crippen molar-refractivity contribution in [3.05, 3.63) is 138 Å². The van der Waals surface area contributed by atoms with E-state index in [0.29, 0.717) is 12.0 Å². The van der Waals surface area contributed by atoms with Crippen LogP contribution in [0.3, 0.4) is 0 Å². The summed E-state index contributed by atoms with van der Waals surface area (Å²) < 4.78 is 6.43. The highest BCUT2D eigenvalue weighted by molar-refractivity contribution is 5.98. The minimum atomic E-state index is -1.41. The first-order valence-corrected chi connectivity index (χ1v) is 15.6. The SMILES string of the molecule is Cc1c(C)c2c(c(C)c1N)[C@@H](c1ccc(C(C)C)cc1)C(C)(C)O2.O=C(N[C@H](C(=O)O)c1ccccc1)c1cc([N+](=O)[O-])cc([N+](=O)[O-])c1. The van der Waals surface area contributed by atoms with Gasteiger partial charge in [-0.1, -0.05) is 68.4 Å². The Balaban J connectivity index is 0.000000221. The second-order valence-corrected chi connectivity index (χ2v) is 12.9. The summed E-state index contributed by atoms with van der Waals surface area (Å²) in [7, 11) is 0. The third-order valence-electron chi connectivity index (χ3n) is 8.89. The maximum Gasteiger partial charge on any atom is 0.330 e. The van der Waals surface area contributed by atoms with Gasteiger partial charge in [0.15, 0.2) is 6.04 Å². The molecule has 2 atom stereocenters. The molecule has 0 radical (unpaired) electrons. The van der Waals surface area contributed by atoms with Crippen molar-refractivity contribution < 1.29 is 29.3 Å². The molecule has 1 aliphatic rings. The lowest BCUT2D eigenvalue weighted by Crippen LogP contribution is -2.33. The van der Waals surface area contributed by atoms with E-state index < -0.39 is 39.1 Å². The van der Waals surface area contributed by atoms with E-state index in [1.54, 1.807) is 18.2 Å². The highest BCUT2D eigenvalue weighted by atomic mass is 16.6. The number of carbonyl (C=O) groups is 2. The minimum Gasteiger partial charge on any atom is -0.486 e. The van der Waals surface area contributed by atoms with Gasteiger partial charge in [-0.05, 0) is 73.9 Å². The zero-order valence-electron chi connectivity index (χ0n) is 28.4. The van der Waals surface area contributed by atoms with E-state index in [1.165, 1.54) is 34.4 Å². The van der Waals surface area contributed by atoms with Crippen LogP contribution in [0.1, 0.15) is 94.9 Å². The zero-order chi connectivity index (χ0) is 36.4. The van der Waals surface area contributed by atoms with Gasteiger partial charge in [0.05, 0.1) is 27.4 Å². The number of nitrogen functional groups attached to an aromatic ring is 1. The largest absolute Gasteiger partial charge is 0.486 e. The molecule has 256 valence electrons. The molecule has 1 aliphatic heterocycles. The molecule has 12 heteroatoms. The van der Waals surface area contributed by atoms with Crippen LogP contribution < -0.4 is 15.8 Å². The number of rotatable bonds is 8. The first kappa shape index (κ1) is 36.1. The normalized spacial score (nSPS) is 14.9. The van der Waals surface area contributed by atoms with Crippen molar-refractivity contribution in [1.29, 1.82) is 0 Å². The van der Waals surface area contributed by atoms with Crippen molar-refractivity contribution in [1.82, 2.24) is 5.32 Å². The van der Waals surface area contributed by atoms with E-state index in [1.807, 2.05) is 0 Å². The second-order valence-electron chi connectivity index (χ2n) is 12.9. The van der Waals surface area contributed by atoms with Crippen molar-refractivity contribution in [2.75, 3.05) is 5.73 Å². The van der Waals surface area contributed by atoms with Crippen LogP contribution in [-0.2, 0) is 4.79 Å². The number of nitro benzene ring substituents is 2. The molecule has 4 aromatic carbocycles. The van der Waals surface area contributed by atoms with Crippen molar-refractivity contribution in [3.8, 4) is 5.75 Å². The number of fused-ring (bicyclic) bond motifs is 1. The van der Waals surface area contributed by atoms with Crippen LogP contribution in [0.15, 0.2) is 72.8 Å². The molecule has 1 heterocycles. The number of amides is 1. The van der Waals surface area contributed by atoms with Gasteiger partial charge < -0.3 is 20.9 Å². The van der Waals surface area contributed by atoms with Crippen molar-refractivity contribution >= 4 is 28.9 Å². The molecule has 0 aromatic heterocycles. The Morgan fingerprint density at radius 3 is 1.90 bits per heavy atom. The lowest BCUT2D eigenvalue weighted by molar-refractivity contribution is -0.394. The number of carbonyl (C=O) groups excluding carboxylic acids is 1. The Bertz CT molecular complexity index is 1890. The van der Waals surface area contributed by atoms with Crippen LogP contribution in [0.25, 0.3) is 0 Å². The van der Waals surface area contributed by atoms with Gasteiger partial charge in [-0.3, -0.25) is 25.0 Å². The summed E-state index contributed by atoms with van der Waals surface area (Å²) in [6.07, 6.45) is 0. The zero-order valence-corrected chi connectivity index (χ0v) is 28.4. The predicted molar refractivity (Wildman–Crippen MR) is 186 cm³/mol. The molecular formula is C37H40N4O8. The molecule has 4 N–H and O–H groups in total. The average Bonchev–Trinajstić information content (AvgIpc) is 3.36. The number of nitrogens with two attached hydrogens (primary N) is 1. The maximum atomic E-state index is 12.3. The van der Waals surface area contributed by atoms with Crippen LogP contribution in [0, 0.1) is 41.0 Å². The number of nitrogens with one attached hydrogen (secondary N) is 1. The van der Waals surface area contributed by atoms with Gasteiger partial charge in [0, 0.05) is 23.4 Å². The second kappa shape index (κ2) is 14.1. The molecule has 4 aromatic rings. The Labute approximate surface area is 284 Å². The van der Waals surface area contributed by atoms with Crippen LogP contribution in [0.5, 0.6) is 5.75 Å². The number of anilines is 1. The monoisotopic (exact) mass is 668 g/mol. The molecule has 1 amide bonds. The van der Waals surface area contributed by atoms with Crippen LogP contribution >= 0.6 is 0 Å². The molecule has 0 saturated carbocycles. The quantitative estimate of drug-likeness (QED) is 0.0961. The summed E-state index contributed by atoms with van der Waals surface area (Å²) in [5.41, 5.74) is 13.0. The Kier molecular flexibility index (Phi) is 10.4. The molecule has 49 heavy (non-hydrogen) atoms. The van der Waals surface area contributed by atoms with Crippen LogP contribution in [0.4, 0.5) is 17.1 Å². The third-order valence-corrected chi connectivity index (χ3v) is 8.89. The molecule has 0 saturated heterocycles. The van der Waals surface area contributed by atoms with Gasteiger partial charge in [0.2, 0.25) is 0 Å². The van der Waals surface area contributed by atoms with Gasteiger partial charge in [-0.2, -0.15) is 0 Å². The summed E-state index contributed by atoms with van der Waals surface area (Å²) in [5, 5.41) is 33.2. The number of carboxylic acid groups (broad SMARTS) is 1. The summed E-state index contributed by atoms with van der Waals surface area (Å²) in [5.74, 6) is -0.554. The molecule has 0 bridgehead atoms. The van der Waals surface area contributed by atoms with E-state index in [-0.39, 0.29) is 22.6 Å². The Hall–Kier alpha value is -5.78. The van der Waals surface area contributed by atoms with Gasteiger partial charge in [-0.25, -0.2) is 4.79 Å². The Morgan fingerprint density at radius 1 is 0.857 bits per heavy atom. The number of carboxylic acids is 1. The number of hydrogen-bond donors (Lipinski definition) is 3. The molecule has 12 nitrogen and oxygen atoms in total. The highest BCUT2D eigenvalue weighted by Gasteiger charge is 2.44. The number of ether oxygens (including phenoxy) is 1. The van der Waals surface area contributed by atoms with Crippen molar-refractivity contribution in [2.45, 2.75) is 71.9 Å². The fourth-order valence-corrected chi connectivity index (χ4v) is 6.05. The van der Waals surface area contributed by atoms with E-state index in [9.17, 15) is 34.9 Å². The van der Waals surface area contributed by atoms with E-state index in [0.717, 1.165) is 34.7 Å². The number of hydrogen-bond acceptors (Lipinski definition) is 8. The van der Waals surface area contributed by atoms with E-state index >= 15 is 0 Å². The molecule has 0 unspecified atom stereocenters. The van der Waals surface area contributed by atoms with Gasteiger partial charge in [0.1, 0.15) is 11.4 Å². The summed E-state index contributed by atoms with van der Waals surface area (Å²) in [4.78, 5) is 43.6. The van der Waals surface area contributed by atoms with E-state index in [2.05, 4.69) is 78.0 Å². The predicted octanol–water partition coefficient (Wildman–Crippen LogP) is 7.68.